The first-order chi connectivity index (χ1) is 11.7. The van der Waals surface area contributed by atoms with Crippen LogP contribution < -0.4 is 5.32 Å². The van der Waals surface area contributed by atoms with E-state index >= 15 is 0 Å². The average Bonchev–Trinajstić information content (AvgIpc) is 2.63. The maximum atomic E-state index is 12.5. The highest BCUT2D eigenvalue weighted by Gasteiger charge is 2.15. The van der Waals surface area contributed by atoms with Gasteiger partial charge < -0.3 is 5.32 Å². The van der Waals surface area contributed by atoms with E-state index in [-0.39, 0.29) is 11.6 Å². The summed E-state index contributed by atoms with van der Waals surface area (Å²) in [5.41, 5.74) is 2.84. The molecule has 1 aromatic carbocycles. The molecule has 0 fully saturated rings. The third kappa shape index (κ3) is 3.10. The van der Waals surface area contributed by atoms with Gasteiger partial charge in [0, 0.05) is 23.6 Å². The van der Waals surface area contributed by atoms with Gasteiger partial charge in [-0.3, -0.25) is 14.8 Å². The van der Waals surface area contributed by atoms with Crippen molar-refractivity contribution < 1.29 is 4.79 Å². The number of benzene rings is 1. The van der Waals surface area contributed by atoms with E-state index in [1.807, 2.05) is 18.2 Å². The molecule has 3 aromatic rings. The maximum absolute atomic E-state index is 12.5. The Morgan fingerprint density at radius 2 is 1.96 bits per heavy atom. The van der Waals surface area contributed by atoms with E-state index in [0.717, 1.165) is 0 Å². The minimum absolute atomic E-state index is 0.219. The number of aromatic nitrogens is 3. The van der Waals surface area contributed by atoms with Crippen molar-refractivity contribution in [3.05, 3.63) is 71.9 Å². The van der Waals surface area contributed by atoms with Crippen LogP contribution in [0.2, 0.25) is 0 Å². The SMILES string of the molecule is Cc1ncc(-c2ccncc2C#N)nc1C(=O)Nc1ccccc1. The molecule has 6 nitrogen and oxygen atoms in total. The number of aryl methyl sites for hydroxylation is 1. The number of hydrogen-bond acceptors (Lipinski definition) is 5. The van der Waals surface area contributed by atoms with Crippen LogP contribution in [0.4, 0.5) is 5.69 Å². The molecule has 0 aliphatic carbocycles. The molecule has 0 radical (unpaired) electrons. The number of para-hydroxylation sites is 1. The molecule has 0 spiro atoms. The molecule has 3 rings (SSSR count). The first-order valence-corrected chi connectivity index (χ1v) is 7.23. The summed E-state index contributed by atoms with van der Waals surface area (Å²) in [5, 5.41) is 12.0. The van der Waals surface area contributed by atoms with E-state index < -0.39 is 0 Å². The van der Waals surface area contributed by atoms with E-state index in [2.05, 4.69) is 26.3 Å². The minimum atomic E-state index is -0.347. The summed E-state index contributed by atoms with van der Waals surface area (Å²) >= 11 is 0. The van der Waals surface area contributed by atoms with Crippen molar-refractivity contribution in [2.45, 2.75) is 6.92 Å². The summed E-state index contributed by atoms with van der Waals surface area (Å²) in [4.78, 5) is 25.0. The van der Waals surface area contributed by atoms with E-state index in [1.54, 1.807) is 37.5 Å². The first-order valence-electron chi connectivity index (χ1n) is 7.23. The van der Waals surface area contributed by atoms with Gasteiger partial charge in [-0.15, -0.1) is 0 Å². The predicted octanol–water partition coefficient (Wildman–Crippen LogP) is 2.97. The standard InChI is InChI=1S/C18H13N5O/c1-12-17(18(24)22-14-5-3-2-4-6-14)23-16(11-21-12)15-7-8-20-10-13(15)9-19/h2-8,10-11H,1H3,(H,22,24). The van der Waals surface area contributed by atoms with Gasteiger partial charge in [-0.25, -0.2) is 4.98 Å². The van der Waals surface area contributed by atoms with E-state index in [9.17, 15) is 10.1 Å². The van der Waals surface area contributed by atoms with Gasteiger partial charge in [-0.1, -0.05) is 18.2 Å². The third-order valence-corrected chi connectivity index (χ3v) is 3.42. The van der Waals surface area contributed by atoms with Crippen molar-refractivity contribution in [1.29, 1.82) is 5.26 Å². The fourth-order valence-electron chi connectivity index (χ4n) is 2.21. The average molecular weight is 315 g/mol. The van der Waals surface area contributed by atoms with Crippen molar-refractivity contribution in [3.63, 3.8) is 0 Å². The van der Waals surface area contributed by atoms with Crippen LogP contribution in [0.25, 0.3) is 11.3 Å². The molecule has 0 aliphatic rings. The number of carbonyl (C=O) groups is 1. The highest BCUT2D eigenvalue weighted by Crippen LogP contribution is 2.21. The molecule has 0 aliphatic heterocycles. The quantitative estimate of drug-likeness (QED) is 0.802. The Kier molecular flexibility index (Phi) is 4.25. The molecule has 116 valence electrons. The molecular weight excluding hydrogens is 302 g/mol. The highest BCUT2D eigenvalue weighted by atomic mass is 16.1. The zero-order chi connectivity index (χ0) is 16.9. The Labute approximate surface area is 138 Å². The Hall–Kier alpha value is -3.59. The van der Waals surface area contributed by atoms with Gasteiger partial charge in [0.05, 0.1) is 23.1 Å². The lowest BCUT2D eigenvalue weighted by Crippen LogP contribution is -2.16. The monoisotopic (exact) mass is 315 g/mol. The number of rotatable bonds is 3. The molecule has 1 N–H and O–H groups in total. The van der Waals surface area contributed by atoms with Crippen molar-refractivity contribution in [2.75, 3.05) is 5.32 Å². The lowest BCUT2D eigenvalue weighted by Gasteiger charge is -2.09. The van der Waals surface area contributed by atoms with Crippen molar-refractivity contribution in [1.82, 2.24) is 15.0 Å². The number of carbonyl (C=O) groups excluding carboxylic acids is 1. The number of nitrogens with one attached hydrogen (secondary N) is 1. The Bertz CT molecular complexity index is 932. The number of nitrogens with zero attached hydrogens (tertiary/aromatic N) is 4. The molecule has 2 heterocycles. The van der Waals surface area contributed by atoms with Gasteiger partial charge in [-0.05, 0) is 25.1 Å². The smallest absolute Gasteiger partial charge is 0.276 e. The Balaban J connectivity index is 1.98. The summed E-state index contributed by atoms with van der Waals surface area (Å²) < 4.78 is 0. The van der Waals surface area contributed by atoms with Crippen LogP contribution in [0, 0.1) is 18.3 Å². The molecule has 0 saturated heterocycles. The highest BCUT2D eigenvalue weighted by molar-refractivity contribution is 6.03. The fraction of sp³-hybridized carbons (Fsp3) is 0.0556. The number of anilines is 1. The summed E-state index contributed by atoms with van der Waals surface area (Å²) in [6.45, 7) is 1.72. The molecule has 0 unspecified atom stereocenters. The van der Waals surface area contributed by atoms with Crippen LogP contribution in [0.5, 0.6) is 0 Å². The molecule has 6 heteroatoms. The van der Waals surface area contributed by atoms with E-state index in [0.29, 0.717) is 28.2 Å². The minimum Gasteiger partial charge on any atom is -0.321 e. The molecule has 0 atom stereocenters. The van der Waals surface area contributed by atoms with Gasteiger partial charge >= 0.3 is 0 Å². The number of hydrogen-bond donors (Lipinski definition) is 1. The largest absolute Gasteiger partial charge is 0.321 e. The van der Waals surface area contributed by atoms with Crippen molar-refractivity contribution in [2.24, 2.45) is 0 Å². The lowest BCUT2D eigenvalue weighted by molar-refractivity contribution is 0.102. The molecule has 0 saturated carbocycles. The number of amides is 1. The summed E-state index contributed by atoms with van der Waals surface area (Å²) in [6, 6.07) is 12.9. The number of pyridine rings is 1. The molecule has 2 aromatic heterocycles. The van der Waals surface area contributed by atoms with E-state index in [4.69, 9.17) is 0 Å². The van der Waals surface area contributed by atoms with Crippen molar-refractivity contribution in [3.8, 4) is 17.3 Å². The van der Waals surface area contributed by atoms with Crippen LogP contribution in [0.3, 0.4) is 0 Å². The van der Waals surface area contributed by atoms with Crippen LogP contribution in [0.1, 0.15) is 21.7 Å². The second-order valence-corrected chi connectivity index (χ2v) is 5.04. The van der Waals surface area contributed by atoms with Gasteiger partial charge in [0.25, 0.3) is 5.91 Å². The van der Waals surface area contributed by atoms with Gasteiger partial charge in [0.15, 0.2) is 0 Å². The van der Waals surface area contributed by atoms with Crippen molar-refractivity contribution >= 4 is 11.6 Å². The molecule has 24 heavy (non-hydrogen) atoms. The zero-order valence-corrected chi connectivity index (χ0v) is 12.9. The summed E-state index contributed by atoms with van der Waals surface area (Å²) in [6.07, 6.45) is 4.58. The summed E-state index contributed by atoms with van der Waals surface area (Å²) in [7, 11) is 0. The third-order valence-electron chi connectivity index (χ3n) is 3.42. The second-order valence-electron chi connectivity index (χ2n) is 5.04. The van der Waals surface area contributed by atoms with Gasteiger partial charge in [0.1, 0.15) is 11.8 Å². The van der Waals surface area contributed by atoms with E-state index in [1.165, 1.54) is 6.20 Å². The maximum Gasteiger partial charge on any atom is 0.276 e. The molecule has 1 amide bonds. The Morgan fingerprint density at radius 3 is 2.71 bits per heavy atom. The Morgan fingerprint density at radius 1 is 1.17 bits per heavy atom. The summed E-state index contributed by atoms with van der Waals surface area (Å²) in [5.74, 6) is -0.347. The number of nitriles is 1. The van der Waals surface area contributed by atoms with Crippen LogP contribution in [0.15, 0.2) is 55.0 Å². The normalized spacial score (nSPS) is 10.0. The topological polar surface area (TPSA) is 91.6 Å². The van der Waals surface area contributed by atoms with Crippen LogP contribution >= 0.6 is 0 Å². The molecule has 0 bridgehead atoms. The zero-order valence-electron chi connectivity index (χ0n) is 12.9. The lowest BCUT2D eigenvalue weighted by atomic mass is 10.1. The predicted molar refractivity (Wildman–Crippen MR) is 89.1 cm³/mol. The second kappa shape index (κ2) is 6.67. The molecular formula is C18H13N5O. The van der Waals surface area contributed by atoms with Gasteiger partial charge in [-0.2, -0.15) is 5.26 Å². The van der Waals surface area contributed by atoms with Crippen LogP contribution in [-0.4, -0.2) is 20.9 Å². The van der Waals surface area contributed by atoms with Crippen LogP contribution in [-0.2, 0) is 0 Å². The fourth-order valence-corrected chi connectivity index (χ4v) is 2.21. The van der Waals surface area contributed by atoms with Gasteiger partial charge in [0.2, 0.25) is 0 Å². The first kappa shape index (κ1) is 15.3.